The number of carbonyl (C=O) groups excluding carboxylic acids is 3. The van der Waals surface area contributed by atoms with Crippen LogP contribution in [0.3, 0.4) is 0 Å². The molecule has 2 aromatic rings. The molecule has 0 aliphatic carbocycles. The maximum Gasteiger partial charge on any atom is 0.243 e. The highest BCUT2D eigenvalue weighted by atomic mass is 16.2. The zero-order chi connectivity index (χ0) is 19.8. The molecule has 6 heteroatoms. The van der Waals surface area contributed by atoms with E-state index in [9.17, 15) is 14.4 Å². The number of anilines is 2. The third kappa shape index (κ3) is 6.58. The van der Waals surface area contributed by atoms with E-state index < -0.39 is 0 Å². The summed E-state index contributed by atoms with van der Waals surface area (Å²) in [4.78, 5) is 37.8. The van der Waals surface area contributed by atoms with Crippen LogP contribution in [0, 0.1) is 6.92 Å². The van der Waals surface area contributed by atoms with Crippen molar-refractivity contribution in [2.24, 2.45) is 0 Å². The fraction of sp³-hybridized carbons (Fsp3) is 0.286. The van der Waals surface area contributed by atoms with Gasteiger partial charge in [-0.15, -0.1) is 0 Å². The van der Waals surface area contributed by atoms with Crippen molar-refractivity contribution in [2.75, 3.05) is 30.9 Å². The van der Waals surface area contributed by atoms with Crippen LogP contribution in [0.5, 0.6) is 0 Å². The van der Waals surface area contributed by atoms with E-state index in [1.807, 2.05) is 50.2 Å². The molecule has 27 heavy (non-hydrogen) atoms. The number of aryl methyl sites for hydroxylation is 1. The highest BCUT2D eigenvalue weighted by Gasteiger charge is 2.10. The Hall–Kier alpha value is -3.15. The molecule has 0 unspecified atom stereocenters. The molecule has 0 aliphatic rings. The van der Waals surface area contributed by atoms with E-state index in [0.29, 0.717) is 11.3 Å². The molecule has 2 amide bonds. The van der Waals surface area contributed by atoms with Crippen molar-refractivity contribution in [3.8, 4) is 0 Å². The third-order valence-corrected chi connectivity index (χ3v) is 4.07. The van der Waals surface area contributed by atoms with Crippen molar-refractivity contribution in [2.45, 2.75) is 19.8 Å². The number of rotatable bonds is 8. The van der Waals surface area contributed by atoms with Crippen molar-refractivity contribution < 1.29 is 14.4 Å². The second-order valence-corrected chi connectivity index (χ2v) is 6.56. The van der Waals surface area contributed by atoms with Gasteiger partial charge in [0, 0.05) is 43.9 Å². The van der Waals surface area contributed by atoms with Crippen molar-refractivity contribution in [1.82, 2.24) is 5.32 Å². The van der Waals surface area contributed by atoms with Crippen LogP contribution in [0.15, 0.2) is 48.5 Å². The molecule has 0 aliphatic heterocycles. The topological polar surface area (TPSA) is 78.5 Å². The summed E-state index contributed by atoms with van der Waals surface area (Å²) in [6.45, 7) is 1.82. The monoisotopic (exact) mass is 367 g/mol. The van der Waals surface area contributed by atoms with Gasteiger partial charge in [-0.1, -0.05) is 29.8 Å². The fourth-order valence-electron chi connectivity index (χ4n) is 2.43. The summed E-state index contributed by atoms with van der Waals surface area (Å²) in [5, 5.41) is 5.26. The summed E-state index contributed by atoms with van der Waals surface area (Å²) in [7, 11) is 3.87. The zero-order valence-electron chi connectivity index (χ0n) is 15.9. The van der Waals surface area contributed by atoms with E-state index in [4.69, 9.17) is 0 Å². The van der Waals surface area contributed by atoms with E-state index in [2.05, 4.69) is 10.6 Å². The Balaban J connectivity index is 1.72. The highest BCUT2D eigenvalue weighted by Crippen LogP contribution is 2.15. The summed E-state index contributed by atoms with van der Waals surface area (Å²) < 4.78 is 0. The molecule has 2 N–H and O–H groups in total. The summed E-state index contributed by atoms with van der Waals surface area (Å²) in [6, 6.07) is 14.6. The lowest BCUT2D eigenvalue weighted by atomic mass is 10.1. The van der Waals surface area contributed by atoms with Crippen LogP contribution in [-0.2, 0) is 9.59 Å². The predicted octanol–water partition coefficient (Wildman–Crippen LogP) is 2.78. The van der Waals surface area contributed by atoms with Gasteiger partial charge in [0.15, 0.2) is 5.78 Å². The molecular formula is C21H25N3O3. The number of Topliss-reactive ketones (excluding diaryl/α,β-unsaturated/α-hetero) is 1. The average molecular weight is 367 g/mol. The first kappa shape index (κ1) is 20.2. The molecule has 0 saturated carbocycles. The SMILES string of the molecule is Cc1ccc(C(=O)CCC(=O)NCC(=O)Nc2ccc(N(C)C)cc2)cc1. The van der Waals surface area contributed by atoms with E-state index in [0.717, 1.165) is 11.3 Å². The number of nitrogens with one attached hydrogen (secondary N) is 2. The number of hydrogen-bond acceptors (Lipinski definition) is 4. The van der Waals surface area contributed by atoms with Gasteiger partial charge in [-0.3, -0.25) is 14.4 Å². The molecule has 2 rings (SSSR count). The van der Waals surface area contributed by atoms with Crippen LogP contribution >= 0.6 is 0 Å². The predicted molar refractivity (Wildman–Crippen MR) is 107 cm³/mol. The van der Waals surface area contributed by atoms with Crippen LogP contribution in [0.4, 0.5) is 11.4 Å². The summed E-state index contributed by atoms with van der Waals surface area (Å²) in [5.41, 5.74) is 3.35. The van der Waals surface area contributed by atoms with Crippen molar-refractivity contribution in [1.29, 1.82) is 0 Å². The van der Waals surface area contributed by atoms with Gasteiger partial charge in [0.05, 0.1) is 6.54 Å². The van der Waals surface area contributed by atoms with Gasteiger partial charge in [0.2, 0.25) is 11.8 Å². The van der Waals surface area contributed by atoms with Crippen molar-refractivity contribution in [3.63, 3.8) is 0 Å². The largest absolute Gasteiger partial charge is 0.378 e. The lowest BCUT2D eigenvalue weighted by molar-refractivity contribution is -0.124. The number of nitrogens with zero attached hydrogens (tertiary/aromatic N) is 1. The highest BCUT2D eigenvalue weighted by molar-refractivity contribution is 5.99. The number of carbonyl (C=O) groups is 3. The Morgan fingerprint density at radius 1 is 0.852 bits per heavy atom. The fourth-order valence-corrected chi connectivity index (χ4v) is 2.43. The van der Waals surface area contributed by atoms with Gasteiger partial charge in [0.25, 0.3) is 0 Å². The van der Waals surface area contributed by atoms with Gasteiger partial charge < -0.3 is 15.5 Å². The third-order valence-electron chi connectivity index (χ3n) is 4.07. The normalized spacial score (nSPS) is 10.2. The zero-order valence-corrected chi connectivity index (χ0v) is 15.9. The maximum absolute atomic E-state index is 12.1. The number of benzene rings is 2. The molecule has 0 spiro atoms. The smallest absolute Gasteiger partial charge is 0.243 e. The molecule has 0 heterocycles. The maximum atomic E-state index is 12.1. The molecule has 0 atom stereocenters. The second-order valence-electron chi connectivity index (χ2n) is 6.56. The minimum Gasteiger partial charge on any atom is -0.378 e. The van der Waals surface area contributed by atoms with Crippen LogP contribution < -0.4 is 15.5 Å². The minimum absolute atomic E-state index is 0.0531. The first-order chi connectivity index (χ1) is 12.8. The standard InChI is InChI=1S/C21H25N3O3/c1-15-4-6-16(7-5-15)19(25)12-13-20(26)22-14-21(27)23-17-8-10-18(11-9-17)24(2)3/h4-11H,12-14H2,1-3H3,(H,22,26)(H,23,27). The van der Waals surface area contributed by atoms with Crippen LogP contribution in [0.1, 0.15) is 28.8 Å². The molecule has 0 bridgehead atoms. The van der Waals surface area contributed by atoms with Crippen LogP contribution in [0.2, 0.25) is 0 Å². The molecule has 0 saturated heterocycles. The van der Waals surface area contributed by atoms with Gasteiger partial charge >= 0.3 is 0 Å². The molecule has 0 fully saturated rings. The second kappa shape index (κ2) is 9.52. The first-order valence-corrected chi connectivity index (χ1v) is 8.79. The Morgan fingerprint density at radius 3 is 2.07 bits per heavy atom. The number of hydrogen-bond donors (Lipinski definition) is 2. The number of ketones is 1. The lowest BCUT2D eigenvalue weighted by Gasteiger charge is -2.13. The van der Waals surface area contributed by atoms with E-state index >= 15 is 0 Å². The Labute approximate surface area is 159 Å². The van der Waals surface area contributed by atoms with Crippen LogP contribution in [0.25, 0.3) is 0 Å². The molecule has 6 nitrogen and oxygen atoms in total. The van der Waals surface area contributed by atoms with Gasteiger partial charge in [-0.2, -0.15) is 0 Å². The molecule has 0 aromatic heterocycles. The quantitative estimate of drug-likeness (QED) is 0.703. The molecular weight excluding hydrogens is 342 g/mol. The molecule has 142 valence electrons. The van der Waals surface area contributed by atoms with E-state index in [1.165, 1.54) is 0 Å². The Kier molecular flexibility index (Phi) is 7.11. The summed E-state index contributed by atoms with van der Waals surface area (Å²) in [6.07, 6.45) is 0.167. The van der Waals surface area contributed by atoms with Crippen molar-refractivity contribution in [3.05, 3.63) is 59.7 Å². The average Bonchev–Trinajstić information content (AvgIpc) is 2.65. The van der Waals surface area contributed by atoms with E-state index in [-0.39, 0.29) is 37.0 Å². The lowest BCUT2D eigenvalue weighted by Crippen LogP contribution is -2.33. The minimum atomic E-state index is -0.325. The Bertz CT molecular complexity index is 796. The van der Waals surface area contributed by atoms with Gasteiger partial charge in [-0.25, -0.2) is 0 Å². The molecule has 0 radical (unpaired) electrons. The van der Waals surface area contributed by atoms with E-state index in [1.54, 1.807) is 24.3 Å². The van der Waals surface area contributed by atoms with Gasteiger partial charge in [-0.05, 0) is 31.2 Å². The molecule has 2 aromatic carbocycles. The van der Waals surface area contributed by atoms with Crippen LogP contribution in [-0.4, -0.2) is 38.2 Å². The van der Waals surface area contributed by atoms with Gasteiger partial charge in [0.1, 0.15) is 0 Å². The van der Waals surface area contributed by atoms with Crippen molar-refractivity contribution >= 4 is 29.0 Å². The summed E-state index contributed by atoms with van der Waals surface area (Å²) in [5.74, 6) is -0.727. The summed E-state index contributed by atoms with van der Waals surface area (Å²) >= 11 is 0. The Morgan fingerprint density at radius 2 is 1.48 bits per heavy atom. The number of amides is 2. The first-order valence-electron chi connectivity index (χ1n) is 8.79.